The number of benzene rings is 1. The Morgan fingerprint density at radius 2 is 1.95 bits per heavy atom. The van der Waals surface area contributed by atoms with Crippen molar-refractivity contribution < 1.29 is 27.0 Å². The Labute approximate surface area is 120 Å². The molecule has 0 aromatic heterocycles. The van der Waals surface area contributed by atoms with Crippen LogP contribution in [0.5, 0.6) is 0 Å². The van der Waals surface area contributed by atoms with Crippen molar-refractivity contribution in [1.29, 1.82) is 0 Å². The minimum Gasteiger partial charge on any atom is -0.382 e. The number of halogens is 4. The maximum absolute atomic E-state index is 13.5. The molecule has 1 aromatic rings. The van der Waals surface area contributed by atoms with E-state index < -0.39 is 23.6 Å². The third-order valence-electron chi connectivity index (χ3n) is 2.88. The maximum Gasteiger partial charge on any atom is 0.419 e. The van der Waals surface area contributed by atoms with Gasteiger partial charge in [0.05, 0.1) is 18.8 Å². The Balaban J connectivity index is 2.67. The molecule has 1 atom stereocenters. The largest absolute Gasteiger partial charge is 0.419 e. The van der Waals surface area contributed by atoms with Crippen LogP contribution >= 0.6 is 0 Å². The smallest absolute Gasteiger partial charge is 0.382 e. The monoisotopic (exact) mass is 310 g/mol. The van der Waals surface area contributed by atoms with Gasteiger partial charge in [-0.05, 0) is 24.1 Å². The zero-order valence-corrected chi connectivity index (χ0v) is 11.5. The fraction of sp³-hybridized carbons (Fsp3) is 0.538. The number of hydrogen-bond acceptors (Lipinski definition) is 4. The molecule has 0 bridgehead atoms. The van der Waals surface area contributed by atoms with Gasteiger partial charge in [-0.25, -0.2) is 4.39 Å². The van der Waals surface area contributed by atoms with Crippen molar-refractivity contribution in [1.82, 2.24) is 5.43 Å². The van der Waals surface area contributed by atoms with Gasteiger partial charge in [-0.3, -0.25) is 11.3 Å². The first-order chi connectivity index (χ1) is 9.90. The molecule has 4 nitrogen and oxygen atoms in total. The Hall–Kier alpha value is -1.22. The van der Waals surface area contributed by atoms with Gasteiger partial charge in [0, 0.05) is 19.8 Å². The Morgan fingerprint density at radius 3 is 2.48 bits per heavy atom. The molecule has 21 heavy (non-hydrogen) atoms. The lowest BCUT2D eigenvalue weighted by molar-refractivity contribution is -0.140. The van der Waals surface area contributed by atoms with E-state index in [0.717, 1.165) is 6.07 Å². The predicted molar refractivity (Wildman–Crippen MR) is 68.8 cm³/mol. The highest BCUT2D eigenvalue weighted by Gasteiger charge is 2.34. The van der Waals surface area contributed by atoms with Crippen molar-refractivity contribution >= 4 is 0 Å². The third-order valence-corrected chi connectivity index (χ3v) is 2.88. The molecule has 0 saturated heterocycles. The summed E-state index contributed by atoms with van der Waals surface area (Å²) in [7, 11) is 1.54. The van der Waals surface area contributed by atoms with E-state index in [2.05, 4.69) is 5.43 Å². The number of nitrogens with two attached hydrogens (primary N) is 1. The van der Waals surface area contributed by atoms with E-state index in [9.17, 15) is 17.6 Å². The van der Waals surface area contributed by atoms with Gasteiger partial charge in [0.1, 0.15) is 5.82 Å². The lowest BCUT2D eigenvalue weighted by atomic mass is 10.0. The van der Waals surface area contributed by atoms with Crippen molar-refractivity contribution in [3.63, 3.8) is 0 Å². The van der Waals surface area contributed by atoms with Crippen molar-refractivity contribution in [2.24, 2.45) is 5.84 Å². The summed E-state index contributed by atoms with van der Waals surface area (Å²) < 4.78 is 61.0. The van der Waals surface area contributed by atoms with Crippen LogP contribution in [0.25, 0.3) is 0 Å². The second-order valence-electron chi connectivity index (χ2n) is 4.35. The highest BCUT2D eigenvalue weighted by molar-refractivity contribution is 5.28. The van der Waals surface area contributed by atoms with Gasteiger partial charge in [0.25, 0.3) is 0 Å². The number of hydrogen-bond donors (Lipinski definition) is 2. The average Bonchev–Trinajstić information content (AvgIpc) is 2.41. The normalized spacial score (nSPS) is 13.4. The van der Waals surface area contributed by atoms with Gasteiger partial charge in [0.15, 0.2) is 0 Å². The molecule has 0 aliphatic heterocycles. The Bertz CT molecular complexity index is 441. The minimum absolute atomic E-state index is 0.320. The van der Waals surface area contributed by atoms with Crippen LogP contribution in [0, 0.1) is 5.82 Å². The first kappa shape index (κ1) is 17.8. The zero-order valence-electron chi connectivity index (χ0n) is 11.5. The molecule has 3 N–H and O–H groups in total. The SMILES string of the molecule is COCCOCCC(NN)c1ccc(C(F)(F)F)c(F)c1. The van der Waals surface area contributed by atoms with Crippen LogP contribution in [0.2, 0.25) is 0 Å². The summed E-state index contributed by atoms with van der Waals surface area (Å²) >= 11 is 0. The van der Waals surface area contributed by atoms with Crippen molar-refractivity contribution in [2.45, 2.75) is 18.6 Å². The number of hydrazine groups is 1. The van der Waals surface area contributed by atoms with Crippen molar-refractivity contribution in [2.75, 3.05) is 26.9 Å². The van der Waals surface area contributed by atoms with Crippen LogP contribution in [0.4, 0.5) is 17.6 Å². The predicted octanol–water partition coefficient (Wildman–Crippen LogP) is 2.40. The standard InChI is InChI=1S/C13H18F4N2O2/c1-20-6-7-21-5-4-12(19-18)9-2-3-10(11(14)8-9)13(15,16)17/h2-3,8,12,19H,4-7,18H2,1H3. The summed E-state index contributed by atoms with van der Waals surface area (Å²) in [4.78, 5) is 0. The fourth-order valence-corrected chi connectivity index (χ4v) is 1.77. The van der Waals surface area contributed by atoms with E-state index in [1.807, 2.05) is 0 Å². The van der Waals surface area contributed by atoms with E-state index in [0.29, 0.717) is 37.9 Å². The Kier molecular flexibility index (Phi) is 7.03. The number of nitrogens with one attached hydrogen (secondary N) is 1. The topological polar surface area (TPSA) is 56.5 Å². The van der Waals surface area contributed by atoms with Gasteiger partial charge in [-0.1, -0.05) is 6.07 Å². The molecule has 0 aliphatic rings. The molecule has 1 rings (SSSR count). The molecular weight excluding hydrogens is 292 g/mol. The fourth-order valence-electron chi connectivity index (χ4n) is 1.77. The average molecular weight is 310 g/mol. The van der Waals surface area contributed by atoms with Crippen LogP contribution < -0.4 is 11.3 Å². The summed E-state index contributed by atoms with van der Waals surface area (Å²) in [6.45, 7) is 1.16. The third kappa shape index (κ3) is 5.58. The molecule has 120 valence electrons. The molecule has 0 spiro atoms. The van der Waals surface area contributed by atoms with E-state index in [1.165, 1.54) is 6.07 Å². The summed E-state index contributed by atoms with van der Waals surface area (Å²) in [5.74, 6) is 4.03. The van der Waals surface area contributed by atoms with Crippen molar-refractivity contribution in [3.8, 4) is 0 Å². The van der Waals surface area contributed by atoms with Crippen LogP contribution in [-0.2, 0) is 15.7 Å². The van der Waals surface area contributed by atoms with Crippen LogP contribution in [-0.4, -0.2) is 26.9 Å². The number of alkyl halides is 3. The number of ether oxygens (including phenoxy) is 2. The lowest BCUT2D eigenvalue weighted by Crippen LogP contribution is -2.29. The second kappa shape index (κ2) is 8.28. The van der Waals surface area contributed by atoms with Gasteiger partial charge in [-0.2, -0.15) is 13.2 Å². The maximum atomic E-state index is 13.5. The van der Waals surface area contributed by atoms with E-state index in [1.54, 1.807) is 7.11 Å². The van der Waals surface area contributed by atoms with Crippen LogP contribution in [0.1, 0.15) is 23.6 Å². The molecule has 0 amide bonds. The van der Waals surface area contributed by atoms with Gasteiger partial charge in [0.2, 0.25) is 0 Å². The molecule has 1 aromatic carbocycles. The van der Waals surface area contributed by atoms with E-state index in [4.69, 9.17) is 15.3 Å². The number of rotatable bonds is 8. The van der Waals surface area contributed by atoms with E-state index in [-0.39, 0.29) is 0 Å². The molecule has 0 radical (unpaired) electrons. The Morgan fingerprint density at radius 1 is 1.24 bits per heavy atom. The molecule has 1 unspecified atom stereocenters. The first-order valence-corrected chi connectivity index (χ1v) is 6.29. The summed E-state index contributed by atoms with van der Waals surface area (Å²) in [6, 6.07) is 2.25. The highest BCUT2D eigenvalue weighted by atomic mass is 19.4. The van der Waals surface area contributed by atoms with Gasteiger partial charge in [-0.15, -0.1) is 0 Å². The quantitative estimate of drug-likeness (QED) is 0.335. The molecule has 0 aliphatic carbocycles. The zero-order chi connectivity index (χ0) is 15.9. The van der Waals surface area contributed by atoms with Gasteiger partial charge < -0.3 is 9.47 Å². The molecule has 0 heterocycles. The molecular formula is C13H18F4N2O2. The summed E-state index contributed by atoms with van der Waals surface area (Å²) in [5, 5.41) is 0. The molecule has 0 fully saturated rings. The van der Waals surface area contributed by atoms with Gasteiger partial charge >= 0.3 is 6.18 Å². The van der Waals surface area contributed by atoms with Crippen LogP contribution in [0.15, 0.2) is 18.2 Å². The number of methoxy groups -OCH3 is 1. The van der Waals surface area contributed by atoms with E-state index >= 15 is 0 Å². The summed E-state index contributed by atoms with van der Waals surface area (Å²) in [6.07, 6.45) is -4.32. The lowest BCUT2D eigenvalue weighted by Gasteiger charge is -2.17. The first-order valence-electron chi connectivity index (χ1n) is 6.29. The highest BCUT2D eigenvalue weighted by Crippen LogP contribution is 2.32. The molecule has 8 heteroatoms. The minimum atomic E-state index is -4.71. The molecule has 0 saturated carbocycles. The second-order valence-corrected chi connectivity index (χ2v) is 4.35. The summed E-state index contributed by atoms with van der Waals surface area (Å²) in [5.41, 5.74) is 1.47. The van der Waals surface area contributed by atoms with Crippen molar-refractivity contribution in [3.05, 3.63) is 35.1 Å². The van der Waals surface area contributed by atoms with Crippen LogP contribution in [0.3, 0.4) is 0 Å².